The molecule has 2 heterocycles. The van der Waals surface area contributed by atoms with Gasteiger partial charge in [0.15, 0.2) is 0 Å². The summed E-state index contributed by atoms with van der Waals surface area (Å²) in [7, 11) is 0. The summed E-state index contributed by atoms with van der Waals surface area (Å²) in [6, 6.07) is 4.53. The molecule has 3 heteroatoms. The average molecular weight is 222 g/mol. The zero-order valence-corrected chi connectivity index (χ0v) is 10.3. The lowest BCUT2D eigenvalue weighted by Gasteiger charge is -2.34. The van der Waals surface area contributed by atoms with Crippen molar-refractivity contribution in [3.05, 3.63) is 23.7 Å². The molecule has 1 aromatic rings. The smallest absolute Gasteiger partial charge is 0.121 e. The van der Waals surface area contributed by atoms with Crippen molar-refractivity contribution in [3.8, 4) is 0 Å². The van der Waals surface area contributed by atoms with Gasteiger partial charge in [-0.2, -0.15) is 0 Å². The second-order valence-electron chi connectivity index (χ2n) is 4.84. The van der Waals surface area contributed by atoms with Gasteiger partial charge in [-0.25, -0.2) is 0 Å². The summed E-state index contributed by atoms with van der Waals surface area (Å²) < 4.78 is 5.69. The summed E-state index contributed by atoms with van der Waals surface area (Å²) in [6.45, 7) is 7.34. The number of nitrogens with two attached hydrogens (primary N) is 1. The van der Waals surface area contributed by atoms with Crippen molar-refractivity contribution in [1.82, 2.24) is 4.90 Å². The number of likely N-dealkylation sites (tertiary alicyclic amines) is 1. The van der Waals surface area contributed by atoms with Crippen molar-refractivity contribution in [2.45, 2.75) is 32.7 Å². The van der Waals surface area contributed by atoms with E-state index in [2.05, 4.69) is 17.9 Å². The molecule has 0 amide bonds. The van der Waals surface area contributed by atoms with E-state index >= 15 is 0 Å². The molecule has 0 aliphatic carbocycles. The molecule has 0 saturated carbocycles. The molecule has 1 saturated heterocycles. The van der Waals surface area contributed by atoms with Crippen LogP contribution in [0.2, 0.25) is 0 Å². The van der Waals surface area contributed by atoms with E-state index in [4.69, 9.17) is 10.2 Å². The molecule has 1 atom stereocenters. The molecular formula is C13H22N2O. The number of nitrogens with zero attached hydrogens (tertiary/aromatic N) is 1. The molecule has 2 N–H and O–H groups in total. The van der Waals surface area contributed by atoms with E-state index in [1.54, 1.807) is 0 Å². The highest BCUT2D eigenvalue weighted by Crippen LogP contribution is 2.27. The number of hydrogen-bond donors (Lipinski definition) is 1. The third-order valence-corrected chi connectivity index (χ3v) is 3.70. The van der Waals surface area contributed by atoms with E-state index in [-0.39, 0.29) is 0 Å². The van der Waals surface area contributed by atoms with Crippen LogP contribution in [0.15, 0.2) is 16.5 Å². The Balaban J connectivity index is 1.93. The normalized spacial score (nSPS) is 21.2. The van der Waals surface area contributed by atoms with Crippen molar-refractivity contribution in [2.24, 2.45) is 11.7 Å². The largest absolute Gasteiger partial charge is 0.465 e. The molecule has 1 fully saturated rings. The predicted molar refractivity (Wildman–Crippen MR) is 65.2 cm³/mol. The van der Waals surface area contributed by atoms with E-state index in [0.29, 0.717) is 6.04 Å². The van der Waals surface area contributed by atoms with Crippen LogP contribution in [0.4, 0.5) is 0 Å². The number of aryl methyl sites for hydroxylation is 1. The van der Waals surface area contributed by atoms with E-state index in [9.17, 15) is 0 Å². The fourth-order valence-electron chi connectivity index (χ4n) is 2.43. The molecule has 0 aromatic carbocycles. The van der Waals surface area contributed by atoms with Crippen LogP contribution in [0.3, 0.4) is 0 Å². The van der Waals surface area contributed by atoms with E-state index < -0.39 is 0 Å². The van der Waals surface area contributed by atoms with Gasteiger partial charge < -0.3 is 10.2 Å². The first-order valence-electron chi connectivity index (χ1n) is 6.21. The first-order valence-corrected chi connectivity index (χ1v) is 6.21. The molecular weight excluding hydrogens is 200 g/mol. The molecule has 0 bridgehead atoms. The van der Waals surface area contributed by atoms with E-state index in [1.165, 1.54) is 12.8 Å². The quantitative estimate of drug-likeness (QED) is 0.853. The summed E-state index contributed by atoms with van der Waals surface area (Å²) in [5.41, 5.74) is 5.70. The van der Waals surface area contributed by atoms with Gasteiger partial charge in [0.25, 0.3) is 0 Å². The molecule has 90 valence electrons. The fraction of sp³-hybridized carbons (Fsp3) is 0.692. The summed E-state index contributed by atoms with van der Waals surface area (Å²) in [4.78, 5) is 2.49. The maximum Gasteiger partial charge on any atom is 0.121 e. The standard InChI is InChI=1S/C13H22N2O/c1-10-3-4-13(16-10)11(2)15-7-5-12(9-14)6-8-15/h3-4,11-12H,5-9,14H2,1-2H3. The molecule has 2 rings (SSSR count). The number of rotatable bonds is 3. The predicted octanol–water partition coefficient (Wildman–Crippen LogP) is 2.32. The second kappa shape index (κ2) is 5.02. The Morgan fingerprint density at radius 2 is 2.12 bits per heavy atom. The lowest BCUT2D eigenvalue weighted by molar-refractivity contribution is 0.129. The third kappa shape index (κ3) is 2.47. The molecule has 3 nitrogen and oxygen atoms in total. The highest BCUT2D eigenvalue weighted by atomic mass is 16.3. The molecule has 1 aromatic heterocycles. The van der Waals surface area contributed by atoms with E-state index in [1.807, 2.05) is 13.0 Å². The van der Waals surface area contributed by atoms with Crippen LogP contribution in [0.5, 0.6) is 0 Å². The summed E-state index contributed by atoms with van der Waals surface area (Å²) in [5, 5.41) is 0. The minimum Gasteiger partial charge on any atom is -0.465 e. The molecule has 1 aliphatic heterocycles. The molecule has 0 radical (unpaired) electrons. The SMILES string of the molecule is Cc1ccc(C(C)N2CCC(CN)CC2)o1. The third-order valence-electron chi connectivity index (χ3n) is 3.70. The second-order valence-corrected chi connectivity index (χ2v) is 4.84. The Morgan fingerprint density at radius 1 is 1.44 bits per heavy atom. The van der Waals surface area contributed by atoms with Crippen LogP contribution < -0.4 is 5.73 Å². The van der Waals surface area contributed by atoms with Crippen molar-refractivity contribution in [1.29, 1.82) is 0 Å². The van der Waals surface area contributed by atoms with Crippen LogP contribution in [0.25, 0.3) is 0 Å². The molecule has 0 spiro atoms. The monoisotopic (exact) mass is 222 g/mol. The lowest BCUT2D eigenvalue weighted by Crippen LogP contribution is -2.37. The zero-order valence-electron chi connectivity index (χ0n) is 10.3. The summed E-state index contributed by atoms with van der Waals surface area (Å²) >= 11 is 0. The van der Waals surface area contributed by atoms with Crippen LogP contribution in [0, 0.1) is 12.8 Å². The van der Waals surface area contributed by atoms with Crippen LogP contribution in [-0.2, 0) is 0 Å². The number of hydrogen-bond acceptors (Lipinski definition) is 3. The minimum absolute atomic E-state index is 0.396. The van der Waals surface area contributed by atoms with Gasteiger partial charge in [-0.3, -0.25) is 4.90 Å². The average Bonchev–Trinajstić information content (AvgIpc) is 2.75. The fourth-order valence-corrected chi connectivity index (χ4v) is 2.43. The minimum atomic E-state index is 0.396. The van der Waals surface area contributed by atoms with Crippen molar-refractivity contribution in [2.75, 3.05) is 19.6 Å². The van der Waals surface area contributed by atoms with Gasteiger partial charge in [0.05, 0.1) is 6.04 Å². The van der Waals surface area contributed by atoms with Gasteiger partial charge in [-0.05, 0) is 64.4 Å². The van der Waals surface area contributed by atoms with Crippen molar-refractivity contribution >= 4 is 0 Å². The van der Waals surface area contributed by atoms with Crippen LogP contribution in [0.1, 0.15) is 37.3 Å². The van der Waals surface area contributed by atoms with Gasteiger partial charge in [-0.15, -0.1) is 0 Å². The van der Waals surface area contributed by atoms with Gasteiger partial charge >= 0.3 is 0 Å². The van der Waals surface area contributed by atoms with Crippen LogP contribution in [-0.4, -0.2) is 24.5 Å². The molecule has 1 unspecified atom stereocenters. The topological polar surface area (TPSA) is 42.4 Å². The highest BCUT2D eigenvalue weighted by Gasteiger charge is 2.24. The maximum absolute atomic E-state index is 5.70. The van der Waals surface area contributed by atoms with Gasteiger partial charge in [-0.1, -0.05) is 0 Å². The zero-order chi connectivity index (χ0) is 11.5. The van der Waals surface area contributed by atoms with Gasteiger partial charge in [0.2, 0.25) is 0 Å². The van der Waals surface area contributed by atoms with Crippen molar-refractivity contribution in [3.63, 3.8) is 0 Å². The Hall–Kier alpha value is -0.800. The summed E-state index contributed by atoms with van der Waals surface area (Å²) in [6.07, 6.45) is 2.45. The van der Waals surface area contributed by atoms with E-state index in [0.717, 1.165) is 37.1 Å². The Labute approximate surface area is 97.6 Å². The Kier molecular flexibility index (Phi) is 3.66. The Morgan fingerprint density at radius 3 is 2.62 bits per heavy atom. The van der Waals surface area contributed by atoms with Gasteiger partial charge in [0, 0.05) is 0 Å². The molecule has 16 heavy (non-hydrogen) atoms. The Bertz CT molecular complexity index is 326. The first-order chi connectivity index (χ1) is 7.70. The first kappa shape index (κ1) is 11.7. The van der Waals surface area contributed by atoms with Crippen LogP contribution >= 0.6 is 0 Å². The maximum atomic E-state index is 5.70. The molecule has 1 aliphatic rings. The number of furan rings is 1. The summed E-state index contributed by atoms with van der Waals surface area (Å²) in [5.74, 6) is 2.81. The van der Waals surface area contributed by atoms with Crippen molar-refractivity contribution < 1.29 is 4.42 Å². The van der Waals surface area contributed by atoms with Gasteiger partial charge in [0.1, 0.15) is 11.5 Å². The highest BCUT2D eigenvalue weighted by molar-refractivity contribution is 5.09. The number of piperidine rings is 1. The lowest BCUT2D eigenvalue weighted by atomic mass is 9.96.